The predicted octanol–water partition coefficient (Wildman–Crippen LogP) is 1.09. The summed E-state index contributed by atoms with van der Waals surface area (Å²) in [4.78, 5) is 19.7. The molecule has 0 saturated heterocycles. The van der Waals surface area contributed by atoms with E-state index in [2.05, 4.69) is 4.98 Å². The number of nitrogens with zero attached hydrogens (tertiary/aromatic N) is 3. The Morgan fingerprint density at radius 2 is 2.00 bits per heavy atom. The van der Waals surface area contributed by atoms with Crippen LogP contribution < -0.4 is 0 Å². The van der Waals surface area contributed by atoms with Crippen LogP contribution in [0.25, 0.3) is 0 Å². The van der Waals surface area contributed by atoms with Crippen LogP contribution in [0.5, 0.6) is 5.75 Å². The van der Waals surface area contributed by atoms with Crippen molar-refractivity contribution in [3.05, 3.63) is 24.0 Å². The molecule has 1 aromatic rings. The van der Waals surface area contributed by atoms with Crippen LogP contribution in [0.2, 0.25) is 0 Å². The van der Waals surface area contributed by atoms with E-state index in [1.54, 1.807) is 17.0 Å². The van der Waals surface area contributed by atoms with Gasteiger partial charge in [0.25, 0.3) is 0 Å². The van der Waals surface area contributed by atoms with E-state index in [4.69, 9.17) is 5.11 Å². The molecule has 0 aliphatic carbocycles. The molecule has 1 N–H and O–H groups in total. The van der Waals surface area contributed by atoms with Gasteiger partial charge in [0.05, 0.1) is 18.4 Å². The molecule has 0 bridgehead atoms. The molecule has 0 aliphatic rings. The molecule has 1 heterocycles. The van der Waals surface area contributed by atoms with E-state index in [1.165, 1.54) is 6.20 Å². The van der Waals surface area contributed by atoms with Gasteiger partial charge in [0.15, 0.2) is 0 Å². The van der Waals surface area contributed by atoms with Gasteiger partial charge < -0.3 is 10.0 Å². The summed E-state index contributed by atoms with van der Waals surface area (Å²) in [7, 11) is 1.88. The van der Waals surface area contributed by atoms with Crippen molar-refractivity contribution in [3.8, 4) is 5.75 Å². The molecule has 1 rings (SSSR count). The van der Waals surface area contributed by atoms with E-state index < -0.39 is 0 Å². The molecular weight excluding hydrogens is 230 g/mol. The second-order valence-corrected chi connectivity index (χ2v) is 4.25. The standard InChI is InChI=1S/C13H21N3O2/c1-4-16(5-2)13(18)10-15(3)9-11-6-7-12(17)8-14-11/h6-8,17H,4-5,9-10H2,1-3H3. The van der Waals surface area contributed by atoms with Crippen molar-refractivity contribution in [3.63, 3.8) is 0 Å². The zero-order valence-electron chi connectivity index (χ0n) is 11.3. The van der Waals surface area contributed by atoms with Gasteiger partial charge in [0, 0.05) is 19.6 Å². The van der Waals surface area contributed by atoms with E-state index in [9.17, 15) is 4.79 Å². The smallest absolute Gasteiger partial charge is 0.236 e. The summed E-state index contributed by atoms with van der Waals surface area (Å²) in [6.45, 7) is 6.39. The van der Waals surface area contributed by atoms with Crippen molar-refractivity contribution >= 4 is 5.91 Å². The highest BCUT2D eigenvalue weighted by Crippen LogP contribution is 2.07. The summed E-state index contributed by atoms with van der Waals surface area (Å²) < 4.78 is 0. The van der Waals surface area contributed by atoms with E-state index in [1.807, 2.05) is 25.8 Å². The van der Waals surface area contributed by atoms with Gasteiger partial charge in [-0.15, -0.1) is 0 Å². The third-order valence-corrected chi connectivity index (χ3v) is 2.76. The maximum atomic E-state index is 11.9. The molecule has 0 aliphatic heterocycles. The number of carbonyl (C=O) groups excluding carboxylic acids is 1. The Kier molecular flexibility index (Phi) is 5.58. The molecule has 1 amide bonds. The summed E-state index contributed by atoms with van der Waals surface area (Å²) >= 11 is 0. The summed E-state index contributed by atoms with van der Waals surface area (Å²) in [6.07, 6.45) is 1.41. The van der Waals surface area contributed by atoms with Crippen LogP contribution in [0, 0.1) is 0 Å². The molecule has 0 fully saturated rings. The minimum absolute atomic E-state index is 0.126. The largest absolute Gasteiger partial charge is 0.506 e. The normalized spacial score (nSPS) is 10.7. The second kappa shape index (κ2) is 6.96. The summed E-state index contributed by atoms with van der Waals surface area (Å²) in [6, 6.07) is 3.36. The summed E-state index contributed by atoms with van der Waals surface area (Å²) in [5.41, 5.74) is 0.836. The van der Waals surface area contributed by atoms with Crippen LogP contribution in [0.1, 0.15) is 19.5 Å². The lowest BCUT2D eigenvalue weighted by molar-refractivity contribution is -0.131. The third-order valence-electron chi connectivity index (χ3n) is 2.76. The van der Waals surface area contributed by atoms with Crippen molar-refractivity contribution in [2.24, 2.45) is 0 Å². The molecule has 0 saturated carbocycles. The number of aromatic hydroxyl groups is 1. The van der Waals surface area contributed by atoms with Crippen molar-refractivity contribution in [2.45, 2.75) is 20.4 Å². The van der Waals surface area contributed by atoms with Gasteiger partial charge in [-0.25, -0.2) is 0 Å². The Balaban J connectivity index is 2.48. The van der Waals surface area contributed by atoms with Gasteiger partial charge in [-0.2, -0.15) is 0 Å². The molecule has 18 heavy (non-hydrogen) atoms. The van der Waals surface area contributed by atoms with Crippen LogP contribution in [-0.2, 0) is 11.3 Å². The molecular formula is C13H21N3O2. The molecule has 0 spiro atoms. The SMILES string of the molecule is CCN(CC)C(=O)CN(C)Cc1ccc(O)cn1. The lowest BCUT2D eigenvalue weighted by Crippen LogP contribution is -2.38. The van der Waals surface area contributed by atoms with Gasteiger partial charge >= 0.3 is 0 Å². The zero-order chi connectivity index (χ0) is 13.5. The summed E-state index contributed by atoms with van der Waals surface area (Å²) in [5, 5.41) is 9.14. The first-order chi connectivity index (χ1) is 8.56. The lowest BCUT2D eigenvalue weighted by atomic mass is 10.3. The first-order valence-electron chi connectivity index (χ1n) is 6.17. The average Bonchev–Trinajstić information content (AvgIpc) is 2.33. The van der Waals surface area contributed by atoms with Crippen molar-refractivity contribution in [1.29, 1.82) is 0 Å². The molecule has 0 unspecified atom stereocenters. The van der Waals surface area contributed by atoms with E-state index >= 15 is 0 Å². The Morgan fingerprint density at radius 1 is 1.33 bits per heavy atom. The van der Waals surface area contributed by atoms with Crippen LogP contribution in [-0.4, -0.2) is 52.5 Å². The number of rotatable bonds is 6. The molecule has 0 radical (unpaired) electrons. The van der Waals surface area contributed by atoms with Gasteiger partial charge in [-0.1, -0.05) is 0 Å². The van der Waals surface area contributed by atoms with Crippen LogP contribution in [0.15, 0.2) is 18.3 Å². The van der Waals surface area contributed by atoms with Crippen molar-refractivity contribution in [1.82, 2.24) is 14.8 Å². The molecule has 0 aromatic carbocycles. The van der Waals surface area contributed by atoms with Gasteiger partial charge in [-0.3, -0.25) is 14.7 Å². The van der Waals surface area contributed by atoms with Crippen LogP contribution >= 0.6 is 0 Å². The zero-order valence-corrected chi connectivity index (χ0v) is 11.3. The van der Waals surface area contributed by atoms with Gasteiger partial charge in [-0.05, 0) is 33.0 Å². The topological polar surface area (TPSA) is 56.7 Å². The van der Waals surface area contributed by atoms with Crippen LogP contribution in [0.4, 0.5) is 0 Å². The maximum Gasteiger partial charge on any atom is 0.236 e. The number of pyridine rings is 1. The van der Waals surface area contributed by atoms with E-state index in [-0.39, 0.29) is 11.7 Å². The highest BCUT2D eigenvalue weighted by atomic mass is 16.3. The molecule has 100 valence electrons. The number of hydrogen-bond donors (Lipinski definition) is 1. The highest BCUT2D eigenvalue weighted by molar-refractivity contribution is 5.78. The highest BCUT2D eigenvalue weighted by Gasteiger charge is 2.12. The second-order valence-electron chi connectivity index (χ2n) is 4.25. The molecule has 5 nitrogen and oxygen atoms in total. The summed E-state index contributed by atoms with van der Waals surface area (Å²) in [5.74, 6) is 0.280. The van der Waals surface area contributed by atoms with E-state index in [0.717, 1.165) is 18.8 Å². The fraction of sp³-hybridized carbons (Fsp3) is 0.538. The van der Waals surface area contributed by atoms with Crippen molar-refractivity contribution < 1.29 is 9.90 Å². The third kappa shape index (κ3) is 4.33. The quantitative estimate of drug-likeness (QED) is 0.822. The van der Waals surface area contributed by atoms with Crippen LogP contribution in [0.3, 0.4) is 0 Å². The van der Waals surface area contributed by atoms with Gasteiger partial charge in [0.2, 0.25) is 5.91 Å². The first-order valence-corrected chi connectivity index (χ1v) is 6.17. The fourth-order valence-corrected chi connectivity index (χ4v) is 1.75. The molecule has 5 heteroatoms. The average molecular weight is 251 g/mol. The van der Waals surface area contributed by atoms with E-state index in [0.29, 0.717) is 13.1 Å². The monoisotopic (exact) mass is 251 g/mol. The fourth-order valence-electron chi connectivity index (χ4n) is 1.75. The first kappa shape index (κ1) is 14.4. The number of amides is 1. The lowest BCUT2D eigenvalue weighted by Gasteiger charge is -2.22. The van der Waals surface area contributed by atoms with Gasteiger partial charge in [0.1, 0.15) is 5.75 Å². The maximum absolute atomic E-state index is 11.9. The molecule has 0 atom stereocenters. The minimum Gasteiger partial charge on any atom is -0.506 e. The predicted molar refractivity (Wildman–Crippen MR) is 70.2 cm³/mol. The Labute approximate surface area is 108 Å². The van der Waals surface area contributed by atoms with Crippen molar-refractivity contribution in [2.75, 3.05) is 26.7 Å². The molecule has 1 aromatic heterocycles. The number of aromatic nitrogens is 1. The Bertz CT molecular complexity index is 374. The number of likely N-dealkylation sites (N-methyl/N-ethyl adjacent to an activating group) is 2. The number of carbonyl (C=O) groups is 1. The Hall–Kier alpha value is -1.62. The number of hydrogen-bond acceptors (Lipinski definition) is 4. The minimum atomic E-state index is 0.126. The Morgan fingerprint density at radius 3 is 2.50 bits per heavy atom.